The van der Waals surface area contributed by atoms with E-state index in [0.29, 0.717) is 54.1 Å². The molecule has 0 aliphatic carbocycles. The number of benzene rings is 3. The summed E-state index contributed by atoms with van der Waals surface area (Å²) < 4.78 is 22.6. The molecule has 2 aliphatic heterocycles. The number of halogens is 1. The van der Waals surface area contributed by atoms with E-state index in [0.717, 1.165) is 29.7 Å². The van der Waals surface area contributed by atoms with E-state index in [1.54, 1.807) is 43.1 Å². The summed E-state index contributed by atoms with van der Waals surface area (Å²) in [6.45, 7) is 10.7. The number of hydrogen-bond donors (Lipinski definition) is 3. The monoisotopic (exact) mass is 941 g/mol. The first kappa shape index (κ1) is 49.5. The number of carbonyl (C=O) groups is 4. The van der Waals surface area contributed by atoms with Crippen LogP contribution in [0.3, 0.4) is 0 Å². The first-order valence-corrected chi connectivity index (χ1v) is 22.6. The molecule has 0 saturated carbocycles. The number of ether oxygens (including phenoxy) is 3. The van der Waals surface area contributed by atoms with Gasteiger partial charge in [-0.05, 0) is 98.8 Å². The Labute approximate surface area is 395 Å². The number of aliphatic hydroxyl groups is 1. The van der Waals surface area contributed by atoms with E-state index in [4.69, 9.17) is 42.4 Å². The Bertz CT molecular complexity index is 2380. The van der Waals surface area contributed by atoms with Gasteiger partial charge in [0.2, 0.25) is 17.7 Å². The second kappa shape index (κ2) is 22.1. The molecule has 66 heavy (non-hydrogen) atoms. The smallest absolute Gasteiger partial charge is 0.259 e. The first-order chi connectivity index (χ1) is 31.5. The molecule has 0 spiro atoms. The number of anilines is 2. The molecule has 0 unspecified atom stereocenters. The van der Waals surface area contributed by atoms with Crippen molar-refractivity contribution in [3.63, 3.8) is 0 Å². The van der Waals surface area contributed by atoms with Gasteiger partial charge in [0.15, 0.2) is 17.3 Å². The van der Waals surface area contributed by atoms with Crippen molar-refractivity contribution in [1.29, 1.82) is 5.26 Å². The number of likely N-dealkylation sites (tertiary alicyclic amines) is 1. The van der Waals surface area contributed by atoms with Gasteiger partial charge in [-0.1, -0.05) is 56.6 Å². The maximum atomic E-state index is 13.9. The lowest BCUT2D eigenvalue weighted by atomic mass is 9.85. The van der Waals surface area contributed by atoms with Gasteiger partial charge in [-0.25, -0.2) is 4.98 Å². The molecule has 2 saturated heterocycles. The van der Waals surface area contributed by atoms with Crippen molar-refractivity contribution < 1.29 is 42.9 Å². The molecule has 3 aromatic carbocycles. The zero-order chi connectivity index (χ0) is 47.6. The maximum absolute atomic E-state index is 13.9. The molecule has 0 radical (unpaired) electrons. The molecule has 6 rings (SSSR count). The predicted octanol–water partition coefficient (Wildman–Crippen LogP) is 6.17. The number of hydrogen-bond acceptors (Lipinski definition) is 12. The molecular formula is C48H56ClN7O9S. The minimum absolute atomic E-state index is 0.0262. The highest BCUT2D eigenvalue weighted by atomic mass is 35.5. The Hall–Kier alpha value is -5.90. The number of nitrogens with one attached hydrogen (secondary N) is 2. The molecule has 1 aromatic heterocycles. The molecule has 16 nitrogen and oxygen atoms in total. The Morgan fingerprint density at radius 1 is 1.00 bits per heavy atom. The van der Waals surface area contributed by atoms with E-state index in [2.05, 4.69) is 15.6 Å². The molecule has 2 fully saturated rings. The van der Waals surface area contributed by atoms with Gasteiger partial charge >= 0.3 is 0 Å². The molecule has 4 aromatic rings. The number of aliphatic hydroxyl groups excluding tert-OH is 1. The zero-order valence-corrected chi connectivity index (χ0v) is 39.3. The summed E-state index contributed by atoms with van der Waals surface area (Å²) in [6, 6.07) is 19.8. The summed E-state index contributed by atoms with van der Waals surface area (Å²) >= 11 is 12.0. The number of unbranched alkanes of at least 4 members (excludes halogenated alkanes) is 1. The van der Waals surface area contributed by atoms with Crippen LogP contribution in [0.15, 0.2) is 83.7 Å². The van der Waals surface area contributed by atoms with Crippen molar-refractivity contribution in [3.8, 4) is 23.1 Å². The first-order valence-electron chi connectivity index (χ1n) is 21.8. The highest BCUT2D eigenvalue weighted by Crippen LogP contribution is 2.38. The van der Waals surface area contributed by atoms with Gasteiger partial charge in [0.05, 0.1) is 35.2 Å². The highest BCUT2D eigenvalue weighted by molar-refractivity contribution is 7.81. The molecule has 0 bridgehead atoms. The lowest BCUT2D eigenvalue weighted by Crippen LogP contribution is -2.58. The van der Waals surface area contributed by atoms with Crippen LogP contribution in [-0.2, 0) is 35.2 Å². The fraction of sp³-hybridized carbons (Fsp3) is 0.438. The van der Waals surface area contributed by atoms with Gasteiger partial charge in [-0.15, -0.1) is 0 Å². The third-order valence-corrected chi connectivity index (χ3v) is 12.0. The lowest BCUT2D eigenvalue weighted by molar-refractivity contribution is -0.144. The van der Waals surface area contributed by atoms with Crippen LogP contribution in [0.5, 0.6) is 5.75 Å². The third kappa shape index (κ3) is 12.1. The second-order valence-corrected chi connectivity index (χ2v) is 18.5. The zero-order valence-electron chi connectivity index (χ0n) is 37.8. The van der Waals surface area contributed by atoms with Gasteiger partial charge in [-0.2, -0.15) is 5.26 Å². The second-order valence-electron chi connectivity index (χ2n) is 17.7. The molecular weight excluding hydrogens is 886 g/mol. The molecule has 3 N–H and O–H groups in total. The minimum Gasteiger partial charge on any atom is -0.494 e. The molecule has 18 heteroatoms. The summed E-state index contributed by atoms with van der Waals surface area (Å²) in [5.41, 5.74) is 1.55. The van der Waals surface area contributed by atoms with Crippen molar-refractivity contribution in [2.75, 3.05) is 49.4 Å². The largest absolute Gasteiger partial charge is 0.494 e. The topological polar surface area (TPSA) is 200 Å². The van der Waals surface area contributed by atoms with Crippen molar-refractivity contribution in [2.45, 2.75) is 90.6 Å². The van der Waals surface area contributed by atoms with Crippen LogP contribution in [0.4, 0.5) is 11.4 Å². The van der Waals surface area contributed by atoms with Crippen molar-refractivity contribution in [1.82, 2.24) is 20.5 Å². The van der Waals surface area contributed by atoms with E-state index < -0.39 is 46.9 Å². The maximum Gasteiger partial charge on any atom is 0.259 e. The van der Waals surface area contributed by atoms with Crippen molar-refractivity contribution in [2.24, 2.45) is 5.41 Å². The Balaban J connectivity index is 0.854. The standard InChI is InChI=1S/C48H56ClN7O9S/c1-47(2,3)42(44(60)54-28-36(57)24-39(54)43(59)52-26-31-9-11-32(12-10-31)40-27-51-30-65-40)53-41(58)29-63-21-8-20-62-19-6-7-22-64-37-17-15-34(16-18-37)56-46(66)55(45(61)48(56,4)5)35-14-13-33(25-50)38(49)23-35/h9-18,23,27,30,36,39,42,57H,6-8,19-22,24,26,28-29H2,1-5H3,(H,52,59)(H,53,58)/t36-,39+,42-/m1/s1. The molecule has 3 heterocycles. The Morgan fingerprint density at radius 2 is 1.68 bits per heavy atom. The van der Waals surface area contributed by atoms with Gasteiger partial charge in [0.1, 0.15) is 36.0 Å². The molecule has 4 amide bonds. The SMILES string of the molecule is CC(C)(C)[C@H](NC(=O)COCCCOCCCCOc1ccc(N2C(=S)N(c3ccc(C#N)c(Cl)c3)C(=O)C2(C)C)cc1)C(=O)N1C[C@H](O)C[C@H]1C(=O)NCc1ccc(-c2cnco2)cc1. The van der Waals surface area contributed by atoms with Crippen LogP contribution in [0.25, 0.3) is 11.3 Å². The molecule has 2 aliphatic rings. The van der Waals surface area contributed by atoms with E-state index >= 15 is 0 Å². The van der Waals surface area contributed by atoms with Crippen LogP contribution in [0.2, 0.25) is 5.02 Å². The predicted molar refractivity (Wildman–Crippen MR) is 252 cm³/mol. The number of carbonyl (C=O) groups excluding carboxylic acids is 4. The van der Waals surface area contributed by atoms with Crippen LogP contribution in [0, 0.1) is 16.7 Å². The van der Waals surface area contributed by atoms with E-state index in [1.807, 2.05) is 75.4 Å². The summed E-state index contributed by atoms with van der Waals surface area (Å²) in [5.74, 6) is -0.229. The van der Waals surface area contributed by atoms with E-state index in [9.17, 15) is 29.5 Å². The van der Waals surface area contributed by atoms with E-state index in [1.165, 1.54) is 16.2 Å². The van der Waals surface area contributed by atoms with Crippen LogP contribution in [0.1, 0.15) is 71.4 Å². The number of nitriles is 1. The van der Waals surface area contributed by atoms with Crippen molar-refractivity contribution >= 4 is 63.9 Å². The lowest BCUT2D eigenvalue weighted by Gasteiger charge is -2.35. The fourth-order valence-electron chi connectivity index (χ4n) is 7.68. The average Bonchev–Trinajstić information content (AvgIpc) is 4.01. The number of aromatic nitrogens is 1. The molecule has 3 atom stereocenters. The number of thiocarbonyl (C=S) groups is 1. The highest BCUT2D eigenvalue weighted by Gasteiger charge is 2.50. The van der Waals surface area contributed by atoms with Crippen LogP contribution < -0.4 is 25.2 Å². The van der Waals surface area contributed by atoms with Gasteiger partial charge in [-0.3, -0.25) is 24.1 Å². The van der Waals surface area contributed by atoms with Gasteiger partial charge in [0.25, 0.3) is 5.91 Å². The number of oxazole rings is 1. The van der Waals surface area contributed by atoms with E-state index in [-0.39, 0.29) is 43.7 Å². The molecule has 350 valence electrons. The van der Waals surface area contributed by atoms with Gasteiger partial charge < -0.3 is 44.2 Å². The Kier molecular flexibility index (Phi) is 16.6. The summed E-state index contributed by atoms with van der Waals surface area (Å²) in [4.78, 5) is 62.3. The minimum atomic E-state index is -0.969. The summed E-state index contributed by atoms with van der Waals surface area (Å²) in [7, 11) is 0. The van der Waals surface area contributed by atoms with Crippen molar-refractivity contribution in [3.05, 3.63) is 95.5 Å². The van der Waals surface area contributed by atoms with Crippen LogP contribution in [-0.4, -0.2) is 107 Å². The summed E-state index contributed by atoms with van der Waals surface area (Å²) in [6.07, 6.45) is 4.27. The number of β-amino-alcohol motifs (C(OH)–C–C–N with tert-alkyl or cyclic N) is 1. The Morgan fingerprint density at radius 3 is 2.35 bits per heavy atom. The number of nitrogens with zero attached hydrogens (tertiary/aromatic N) is 5. The third-order valence-electron chi connectivity index (χ3n) is 11.3. The quantitative estimate of drug-likeness (QED) is 0.0672. The van der Waals surface area contributed by atoms with Gasteiger partial charge in [0, 0.05) is 50.6 Å². The number of rotatable bonds is 20. The number of amides is 4. The van der Waals surface area contributed by atoms with Crippen LogP contribution >= 0.6 is 23.8 Å². The average molecular weight is 943 g/mol. The normalized spacial score (nSPS) is 17.5. The summed E-state index contributed by atoms with van der Waals surface area (Å²) in [5, 5.41) is 26.0. The fourth-order valence-corrected chi connectivity index (χ4v) is 8.42.